The van der Waals surface area contributed by atoms with Crippen LogP contribution in [0.25, 0.3) is 83.5 Å². The van der Waals surface area contributed by atoms with Crippen molar-refractivity contribution in [1.82, 2.24) is 14.5 Å². The van der Waals surface area contributed by atoms with E-state index in [1.807, 2.05) is 6.07 Å². The summed E-state index contributed by atoms with van der Waals surface area (Å²) in [4.78, 5) is 11.0. The van der Waals surface area contributed by atoms with Crippen LogP contribution in [-0.2, 0) is 5.41 Å². The van der Waals surface area contributed by atoms with Crippen LogP contribution in [0.4, 0.5) is 0 Å². The standard InChI is InChI=1S/C53H33N3/c1-2-14-37(15-3-1)52-54-50(49-43-20-6-11-23-46(43)53(51(49)55-52)44-21-9-4-16-39(44)40-17-5-10-22-45(40)53)36-28-26-34(27-29-36)35-30-32-38(33-31-35)56-47-24-12-7-18-41(47)42-19-8-13-25-48(42)56/h1-33H. The van der Waals surface area contributed by atoms with Gasteiger partial charge in [-0.2, -0.15) is 0 Å². The predicted molar refractivity (Wildman–Crippen MR) is 229 cm³/mol. The van der Waals surface area contributed by atoms with E-state index in [0.717, 1.165) is 45.2 Å². The van der Waals surface area contributed by atoms with Gasteiger partial charge in [-0.15, -0.1) is 0 Å². The van der Waals surface area contributed by atoms with Gasteiger partial charge in [-0.25, -0.2) is 9.97 Å². The molecule has 8 aromatic carbocycles. The first-order valence-electron chi connectivity index (χ1n) is 19.3. The molecule has 1 spiro atoms. The normalized spacial score (nSPS) is 13.1. The average molecular weight is 712 g/mol. The Kier molecular flexibility index (Phi) is 6.55. The number of hydrogen-bond donors (Lipinski definition) is 0. The third-order valence-corrected chi connectivity index (χ3v) is 12.0. The molecular weight excluding hydrogens is 679 g/mol. The summed E-state index contributed by atoms with van der Waals surface area (Å²) in [7, 11) is 0. The third-order valence-electron chi connectivity index (χ3n) is 12.0. The molecule has 0 fully saturated rings. The van der Waals surface area contributed by atoms with Crippen molar-refractivity contribution in [3.05, 3.63) is 223 Å². The van der Waals surface area contributed by atoms with Gasteiger partial charge in [0.2, 0.25) is 0 Å². The van der Waals surface area contributed by atoms with Crippen molar-refractivity contribution in [3.8, 4) is 61.7 Å². The summed E-state index contributed by atoms with van der Waals surface area (Å²) in [6, 6.07) is 72.2. The average Bonchev–Trinajstić information content (AvgIpc) is 3.89. The summed E-state index contributed by atoms with van der Waals surface area (Å²) < 4.78 is 2.36. The van der Waals surface area contributed by atoms with Gasteiger partial charge in [0, 0.05) is 33.2 Å². The van der Waals surface area contributed by atoms with E-state index in [1.165, 1.54) is 60.8 Å². The summed E-state index contributed by atoms with van der Waals surface area (Å²) >= 11 is 0. The third kappa shape index (κ3) is 4.22. The molecule has 10 aromatic rings. The molecule has 2 aromatic heterocycles. The molecule has 0 N–H and O–H groups in total. The fourth-order valence-electron chi connectivity index (χ4n) is 9.67. The second kappa shape index (κ2) is 11.8. The zero-order chi connectivity index (χ0) is 36.8. The number of nitrogens with zero attached hydrogens (tertiary/aromatic N) is 3. The highest BCUT2D eigenvalue weighted by Crippen LogP contribution is 2.63. The van der Waals surface area contributed by atoms with Crippen molar-refractivity contribution in [2.24, 2.45) is 0 Å². The fourth-order valence-corrected chi connectivity index (χ4v) is 9.67. The Hall–Kier alpha value is -7.36. The van der Waals surface area contributed by atoms with Crippen molar-refractivity contribution < 1.29 is 0 Å². The van der Waals surface area contributed by atoms with Crippen molar-refractivity contribution >= 4 is 21.8 Å². The second-order valence-corrected chi connectivity index (χ2v) is 14.9. The van der Waals surface area contributed by atoms with Crippen molar-refractivity contribution in [2.45, 2.75) is 5.41 Å². The molecule has 260 valence electrons. The largest absolute Gasteiger partial charge is 0.309 e. The van der Waals surface area contributed by atoms with Gasteiger partial charge in [0.15, 0.2) is 5.82 Å². The molecule has 3 heteroatoms. The molecule has 0 aliphatic heterocycles. The molecule has 0 bridgehead atoms. The second-order valence-electron chi connectivity index (χ2n) is 14.9. The Morgan fingerprint density at radius 2 is 0.821 bits per heavy atom. The maximum absolute atomic E-state index is 5.58. The van der Waals surface area contributed by atoms with Gasteiger partial charge in [0.1, 0.15) is 0 Å². The van der Waals surface area contributed by atoms with Gasteiger partial charge >= 0.3 is 0 Å². The van der Waals surface area contributed by atoms with Crippen molar-refractivity contribution in [2.75, 3.05) is 0 Å². The van der Waals surface area contributed by atoms with Gasteiger partial charge < -0.3 is 4.57 Å². The van der Waals surface area contributed by atoms with Crippen LogP contribution >= 0.6 is 0 Å². The molecule has 0 atom stereocenters. The number of rotatable bonds is 4. The lowest BCUT2D eigenvalue weighted by molar-refractivity contribution is 0.758. The van der Waals surface area contributed by atoms with Gasteiger partial charge in [0.05, 0.1) is 27.8 Å². The molecule has 0 unspecified atom stereocenters. The van der Waals surface area contributed by atoms with E-state index in [0.29, 0.717) is 0 Å². The topological polar surface area (TPSA) is 30.7 Å². The van der Waals surface area contributed by atoms with Crippen molar-refractivity contribution in [3.63, 3.8) is 0 Å². The van der Waals surface area contributed by atoms with Crippen LogP contribution in [0.2, 0.25) is 0 Å². The van der Waals surface area contributed by atoms with E-state index < -0.39 is 5.41 Å². The van der Waals surface area contributed by atoms with Crippen LogP contribution in [0.3, 0.4) is 0 Å². The highest BCUT2D eigenvalue weighted by Gasteiger charge is 2.53. The molecule has 0 radical (unpaired) electrons. The zero-order valence-electron chi connectivity index (χ0n) is 30.4. The summed E-state index contributed by atoms with van der Waals surface area (Å²) in [5.74, 6) is 0.734. The monoisotopic (exact) mass is 711 g/mol. The lowest BCUT2D eigenvalue weighted by Crippen LogP contribution is -2.27. The van der Waals surface area contributed by atoms with Crippen LogP contribution in [-0.4, -0.2) is 14.5 Å². The lowest BCUT2D eigenvalue weighted by Gasteiger charge is -2.29. The van der Waals surface area contributed by atoms with E-state index >= 15 is 0 Å². The molecule has 12 rings (SSSR count). The van der Waals surface area contributed by atoms with E-state index in [2.05, 4.69) is 199 Å². The number of aromatic nitrogens is 3. The van der Waals surface area contributed by atoms with E-state index in [1.54, 1.807) is 0 Å². The number of fused-ring (bicyclic) bond motifs is 13. The summed E-state index contributed by atoms with van der Waals surface area (Å²) in [6.07, 6.45) is 0. The first kappa shape index (κ1) is 31.0. The van der Waals surface area contributed by atoms with Crippen LogP contribution < -0.4 is 0 Å². The Morgan fingerprint density at radius 3 is 1.43 bits per heavy atom. The maximum atomic E-state index is 5.58. The van der Waals surface area contributed by atoms with Crippen LogP contribution in [0.1, 0.15) is 22.4 Å². The summed E-state index contributed by atoms with van der Waals surface area (Å²) in [5.41, 5.74) is 18.0. The van der Waals surface area contributed by atoms with Gasteiger partial charge in [-0.3, -0.25) is 0 Å². The first-order valence-corrected chi connectivity index (χ1v) is 19.3. The lowest BCUT2D eigenvalue weighted by atomic mass is 9.72. The quantitative estimate of drug-likeness (QED) is 0.182. The Balaban J connectivity index is 1.02. The van der Waals surface area contributed by atoms with E-state index in [9.17, 15) is 0 Å². The van der Waals surface area contributed by atoms with Gasteiger partial charge in [-0.1, -0.05) is 176 Å². The van der Waals surface area contributed by atoms with Gasteiger partial charge in [0.25, 0.3) is 0 Å². The molecule has 0 saturated carbocycles. The molecular formula is C53H33N3. The highest BCUT2D eigenvalue weighted by molar-refractivity contribution is 6.09. The smallest absolute Gasteiger partial charge is 0.160 e. The number of benzene rings is 8. The fraction of sp³-hybridized carbons (Fsp3) is 0.0189. The van der Waals surface area contributed by atoms with Crippen molar-refractivity contribution in [1.29, 1.82) is 0 Å². The Bertz CT molecular complexity index is 3070. The minimum Gasteiger partial charge on any atom is -0.309 e. The summed E-state index contributed by atoms with van der Waals surface area (Å²) in [5, 5.41) is 2.54. The predicted octanol–water partition coefficient (Wildman–Crippen LogP) is 12.9. The summed E-state index contributed by atoms with van der Waals surface area (Å²) in [6.45, 7) is 0. The van der Waals surface area contributed by atoms with Gasteiger partial charge in [-0.05, 0) is 68.8 Å². The first-order chi connectivity index (χ1) is 27.8. The highest BCUT2D eigenvalue weighted by atomic mass is 15.0. The van der Waals surface area contributed by atoms with E-state index in [4.69, 9.17) is 9.97 Å². The Morgan fingerprint density at radius 1 is 0.357 bits per heavy atom. The van der Waals surface area contributed by atoms with Crippen LogP contribution in [0.5, 0.6) is 0 Å². The zero-order valence-corrected chi connectivity index (χ0v) is 30.4. The van der Waals surface area contributed by atoms with Crippen LogP contribution in [0.15, 0.2) is 200 Å². The van der Waals surface area contributed by atoms with E-state index in [-0.39, 0.29) is 0 Å². The minimum absolute atomic E-state index is 0.557. The van der Waals surface area contributed by atoms with Crippen LogP contribution in [0, 0.1) is 0 Å². The molecule has 2 aliphatic carbocycles. The Labute approximate surface area is 324 Å². The molecule has 0 amide bonds. The molecule has 2 aliphatic rings. The number of hydrogen-bond acceptors (Lipinski definition) is 2. The molecule has 2 heterocycles. The number of para-hydroxylation sites is 2. The maximum Gasteiger partial charge on any atom is 0.160 e. The minimum atomic E-state index is -0.557. The molecule has 3 nitrogen and oxygen atoms in total. The molecule has 0 saturated heterocycles. The molecule has 56 heavy (non-hydrogen) atoms. The SMILES string of the molecule is c1ccc(-c2nc(-c3ccc(-c4ccc(-n5c6ccccc6c6ccccc65)cc4)cc3)c3c(n2)C2(c4ccccc4-c4ccccc42)c2ccccc2-3)cc1.